The number of carbonyl (C=O) groups excluding carboxylic acids is 1. The summed E-state index contributed by atoms with van der Waals surface area (Å²) in [4.78, 5) is 27.7. The van der Waals surface area contributed by atoms with Gasteiger partial charge in [0.2, 0.25) is 0 Å². The van der Waals surface area contributed by atoms with Crippen LogP contribution in [0.1, 0.15) is 0 Å². The van der Waals surface area contributed by atoms with Gasteiger partial charge in [0.1, 0.15) is 0 Å². The highest BCUT2D eigenvalue weighted by Gasteiger charge is 2.26. The van der Waals surface area contributed by atoms with E-state index >= 15 is 0 Å². The van der Waals surface area contributed by atoms with Crippen molar-refractivity contribution in [3.05, 3.63) is 16.8 Å². The molecule has 0 aromatic carbocycles. The van der Waals surface area contributed by atoms with E-state index in [1.807, 2.05) is 0 Å². The Morgan fingerprint density at radius 3 is 2.60 bits per heavy atom. The van der Waals surface area contributed by atoms with Gasteiger partial charge in [-0.25, -0.2) is 14.7 Å². The van der Waals surface area contributed by atoms with Crippen molar-refractivity contribution in [1.29, 1.82) is 0 Å². The van der Waals surface area contributed by atoms with E-state index in [0.717, 1.165) is 5.06 Å². The summed E-state index contributed by atoms with van der Waals surface area (Å²) in [5.74, 6) is 0. The number of thiophene rings is 1. The number of nitrogens with zero attached hydrogens (tertiary/aromatic N) is 2. The van der Waals surface area contributed by atoms with Crippen LogP contribution < -0.4 is 4.90 Å². The van der Waals surface area contributed by atoms with Crippen LogP contribution in [0, 0.1) is 0 Å². The van der Waals surface area contributed by atoms with Gasteiger partial charge < -0.3 is 5.11 Å². The number of urea groups is 1. The Morgan fingerprint density at radius 2 is 2.20 bits per heavy atom. The van der Waals surface area contributed by atoms with Crippen LogP contribution in [0.4, 0.5) is 15.3 Å². The molecule has 0 aliphatic rings. The Balaban J connectivity index is 2.94. The van der Waals surface area contributed by atoms with Crippen molar-refractivity contribution in [2.45, 2.75) is 0 Å². The molecule has 0 spiro atoms. The first-order valence-corrected chi connectivity index (χ1v) is 4.89. The zero-order chi connectivity index (χ0) is 11.4. The van der Waals surface area contributed by atoms with Crippen LogP contribution in [0.15, 0.2) is 16.8 Å². The van der Waals surface area contributed by atoms with E-state index in [9.17, 15) is 9.59 Å². The predicted octanol–water partition coefficient (Wildman–Crippen LogP) is 1.85. The SMILES string of the molecule is CON(C)C(=O)N(C(=O)O)c1ccsc1. The molecule has 3 amide bonds. The quantitative estimate of drug-likeness (QED) is 0.787. The Kier molecular flexibility index (Phi) is 3.64. The van der Waals surface area contributed by atoms with Crippen LogP contribution >= 0.6 is 11.3 Å². The molecule has 0 unspecified atom stereocenters. The van der Waals surface area contributed by atoms with Gasteiger partial charge in [-0.15, -0.1) is 0 Å². The van der Waals surface area contributed by atoms with Crippen molar-refractivity contribution in [2.75, 3.05) is 19.1 Å². The predicted molar refractivity (Wildman–Crippen MR) is 55.0 cm³/mol. The molecule has 1 aromatic rings. The van der Waals surface area contributed by atoms with Crippen molar-refractivity contribution in [1.82, 2.24) is 5.06 Å². The number of hydrogen-bond acceptors (Lipinski definition) is 4. The van der Waals surface area contributed by atoms with E-state index in [2.05, 4.69) is 4.84 Å². The van der Waals surface area contributed by atoms with Gasteiger partial charge in [-0.1, -0.05) is 0 Å². The van der Waals surface area contributed by atoms with Crippen molar-refractivity contribution in [3.63, 3.8) is 0 Å². The molecule has 0 bridgehead atoms. The Labute approximate surface area is 90.2 Å². The fraction of sp³-hybridized carbons (Fsp3) is 0.250. The fourth-order valence-electron chi connectivity index (χ4n) is 0.906. The van der Waals surface area contributed by atoms with Crippen LogP contribution in [0.25, 0.3) is 0 Å². The molecule has 1 rings (SSSR count). The molecule has 0 atom stereocenters. The molecule has 1 heterocycles. The summed E-state index contributed by atoms with van der Waals surface area (Å²) < 4.78 is 0. The minimum absolute atomic E-state index is 0.307. The number of anilines is 1. The molecular formula is C8H10N2O4S. The van der Waals surface area contributed by atoms with Crippen LogP contribution in [0.2, 0.25) is 0 Å². The van der Waals surface area contributed by atoms with Crippen molar-refractivity contribution in [2.24, 2.45) is 0 Å². The summed E-state index contributed by atoms with van der Waals surface area (Å²) in [7, 11) is 2.62. The molecule has 0 aliphatic heterocycles. The average Bonchev–Trinajstić information content (AvgIpc) is 2.69. The molecule has 82 valence electrons. The third kappa shape index (κ3) is 2.45. The van der Waals surface area contributed by atoms with Gasteiger partial charge in [0.25, 0.3) is 0 Å². The minimum atomic E-state index is -1.35. The summed E-state index contributed by atoms with van der Waals surface area (Å²) >= 11 is 1.31. The molecule has 0 radical (unpaired) electrons. The summed E-state index contributed by atoms with van der Waals surface area (Å²) in [6.07, 6.45) is -1.35. The van der Waals surface area contributed by atoms with Crippen molar-refractivity contribution in [3.8, 4) is 0 Å². The summed E-state index contributed by atoms with van der Waals surface area (Å²) in [5.41, 5.74) is 0.307. The molecule has 6 nitrogen and oxygen atoms in total. The highest BCUT2D eigenvalue weighted by atomic mass is 32.1. The zero-order valence-electron chi connectivity index (χ0n) is 8.21. The first-order valence-electron chi connectivity index (χ1n) is 3.95. The van der Waals surface area contributed by atoms with Gasteiger partial charge >= 0.3 is 12.1 Å². The monoisotopic (exact) mass is 230 g/mol. The van der Waals surface area contributed by atoms with Crippen LogP contribution in [0.3, 0.4) is 0 Å². The molecule has 0 aliphatic carbocycles. The average molecular weight is 230 g/mol. The lowest BCUT2D eigenvalue weighted by atomic mass is 10.5. The van der Waals surface area contributed by atoms with Gasteiger partial charge in [0.15, 0.2) is 0 Å². The van der Waals surface area contributed by atoms with E-state index < -0.39 is 12.1 Å². The van der Waals surface area contributed by atoms with Gasteiger partial charge in [-0.2, -0.15) is 16.2 Å². The second kappa shape index (κ2) is 4.76. The molecule has 0 fully saturated rings. The maximum atomic E-state index is 11.6. The van der Waals surface area contributed by atoms with Crippen LogP contribution in [-0.4, -0.2) is 36.5 Å². The maximum Gasteiger partial charge on any atom is 0.420 e. The minimum Gasteiger partial charge on any atom is -0.464 e. The highest BCUT2D eigenvalue weighted by Crippen LogP contribution is 2.19. The molecule has 1 N–H and O–H groups in total. The van der Waals surface area contributed by atoms with Crippen molar-refractivity contribution >= 4 is 29.1 Å². The lowest BCUT2D eigenvalue weighted by Crippen LogP contribution is -2.43. The largest absolute Gasteiger partial charge is 0.464 e. The number of carbonyl (C=O) groups is 2. The first-order chi connectivity index (χ1) is 7.07. The fourth-order valence-corrected chi connectivity index (χ4v) is 1.53. The van der Waals surface area contributed by atoms with E-state index in [-0.39, 0.29) is 0 Å². The lowest BCUT2D eigenvalue weighted by molar-refractivity contribution is -0.0618. The van der Waals surface area contributed by atoms with E-state index in [1.54, 1.807) is 16.8 Å². The van der Waals surface area contributed by atoms with Gasteiger partial charge in [-0.05, 0) is 11.4 Å². The Morgan fingerprint density at radius 1 is 1.53 bits per heavy atom. The summed E-state index contributed by atoms with van der Waals surface area (Å²) in [6, 6.07) is 0.781. The summed E-state index contributed by atoms with van der Waals surface area (Å²) in [5, 5.41) is 13.0. The lowest BCUT2D eigenvalue weighted by Gasteiger charge is -2.21. The molecule has 0 saturated heterocycles. The second-order valence-electron chi connectivity index (χ2n) is 2.56. The third-order valence-electron chi connectivity index (χ3n) is 1.69. The number of carboxylic acid groups (broad SMARTS) is 1. The molecular weight excluding hydrogens is 220 g/mol. The number of rotatable bonds is 2. The zero-order valence-corrected chi connectivity index (χ0v) is 9.02. The smallest absolute Gasteiger partial charge is 0.420 e. The first kappa shape index (κ1) is 11.5. The van der Waals surface area contributed by atoms with E-state index in [4.69, 9.17) is 5.11 Å². The number of amides is 3. The number of hydroxylamine groups is 2. The van der Waals surface area contributed by atoms with E-state index in [1.165, 1.54) is 25.5 Å². The Bertz CT molecular complexity index is 352. The van der Waals surface area contributed by atoms with Gasteiger partial charge in [0, 0.05) is 12.4 Å². The number of hydrogen-bond donors (Lipinski definition) is 1. The van der Waals surface area contributed by atoms with Gasteiger partial charge in [-0.3, -0.25) is 4.84 Å². The molecule has 1 aromatic heterocycles. The standard InChI is InChI=1S/C8H10N2O4S/c1-9(14-2)7(11)10(8(12)13)6-3-4-15-5-6/h3-5H,1-2H3,(H,12,13). The Hall–Kier alpha value is -1.60. The van der Waals surface area contributed by atoms with Crippen LogP contribution in [0.5, 0.6) is 0 Å². The highest BCUT2D eigenvalue weighted by molar-refractivity contribution is 7.08. The van der Waals surface area contributed by atoms with Crippen LogP contribution in [-0.2, 0) is 4.84 Å². The van der Waals surface area contributed by atoms with Crippen molar-refractivity contribution < 1.29 is 19.5 Å². The van der Waals surface area contributed by atoms with E-state index in [0.29, 0.717) is 10.6 Å². The maximum absolute atomic E-state index is 11.6. The molecule has 7 heteroatoms. The molecule has 0 saturated carbocycles. The number of imide groups is 1. The second-order valence-corrected chi connectivity index (χ2v) is 3.34. The normalized spacial score (nSPS) is 9.73. The summed E-state index contributed by atoms with van der Waals surface area (Å²) in [6.45, 7) is 0. The molecule has 15 heavy (non-hydrogen) atoms. The topological polar surface area (TPSA) is 70.1 Å². The van der Waals surface area contributed by atoms with Gasteiger partial charge in [0.05, 0.1) is 12.8 Å². The third-order valence-corrected chi connectivity index (χ3v) is 2.36.